The highest BCUT2D eigenvalue weighted by Gasteiger charge is 1.93. The van der Waals surface area contributed by atoms with Gasteiger partial charge in [-0.15, -0.1) is 0 Å². The Labute approximate surface area is 142 Å². The van der Waals surface area contributed by atoms with Crippen LogP contribution in [0.15, 0.2) is 103 Å². The topological polar surface area (TPSA) is 38.0 Å². The van der Waals surface area contributed by atoms with Crippen molar-refractivity contribution in [3.05, 3.63) is 103 Å². The zero-order valence-electron chi connectivity index (χ0n) is 13.4. The molecule has 118 valence electrons. The van der Waals surface area contributed by atoms with Gasteiger partial charge in [-0.1, -0.05) is 72.8 Å². The molecule has 0 radical (unpaired) electrons. The molecule has 0 heterocycles. The van der Waals surface area contributed by atoms with E-state index in [-0.39, 0.29) is 0 Å². The van der Waals surface area contributed by atoms with E-state index in [1.54, 1.807) is 0 Å². The third kappa shape index (κ3) is 4.14. The molecule has 0 fully saturated rings. The monoisotopic (exact) mass is 312 g/mol. The van der Waals surface area contributed by atoms with Crippen LogP contribution in [-0.2, 0) is 0 Å². The van der Waals surface area contributed by atoms with E-state index in [2.05, 4.69) is 17.4 Å². The number of nitrogen functional groups attached to an aromatic ring is 1. The summed E-state index contributed by atoms with van der Waals surface area (Å²) in [5.74, 6) is 0. The van der Waals surface area contributed by atoms with Crippen molar-refractivity contribution < 1.29 is 0 Å². The van der Waals surface area contributed by atoms with Gasteiger partial charge in [0.2, 0.25) is 0 Å². The second kappa shape index (κ2) is 7.84. The summed E-state index contributed by atoms with van der Waals surface area (Å²) >= 11 is 0. The minimum Gasteiger partial charge on any atom is -0.398 e. The number of fused-ring (bicyclic) bond motifs is 1. The molecule has 0 aliphatic heterocycles. The van der Waals surface area contributed by atoms with E-state index in [9.17, 15) is 0 Å². The van der Waals surface area contributed by atoms with Crippen molar-refractivity contribution in [3.63, 3.8) is 0 Å². The van der Waals surface area contributed by atoms with E-state index in [1.165, 1.54) is 5.39 Å². The second-order valence-corrected chi connectivity index (χ2v) is 5.43. The van der Waals surface area contributed by atoms with Gasteiger partial charge in [-0.25, -0.2) is 0 Å². The lowest BCUT2D eigenvalue weighted by atomic mass is 10.1. The van der Waals surface area contributed by atoms with Crippen LogP contribution < -0.4 is 11.1 Å². The molecule has 0 unspecified atom stereocenters. The molecule has 0 saturated heterocycles. The van der Waals surface area contributed by atoms with Crippen LogP contribution in [0.4, 0.5) is 17.1 Å². The first-order valence-corrected chi connectivity index (χ1v) is 7.93. The minimum atomic E-state index is 0.850. The fraction of sp³-hybridized carbons (Fsp3) is 0. The molecule has 0 aliphatic carbocycles. The predicted octanol–water partition coefficient (Wildman–Crippen LogP) is 5.85. The molecule has 0 atom stereocenters. The average Bonchev–Trinajstić information content (AvgIpc) is 2.65. The van der Waals surface area contributed by atoms with E-state index in [0.29, 0.717) is 0 Å². The van der Waals surface area contributed by atoms with Crippen LogP contribution in [0, 0.1) is 0 Å². The molecule has 0 saturated carbocycles. The molecule has 4 aromatic carbocycles. The van der Waals surface area contributed by atoms with Crippen molar-refractivity contribution in [2.45, 2.75) is 0 Å². The van der Waals surface area contributed by atoms with Gasteiger partial charge in [-0.05, 0) is 35.7 Å². The highest BCUT2D eigenvalue weighted by Crippen LogP contribution is 2.19. The zero-order chi connectivity index (χ0) is 16.6. The van der Waals surface area contributed by atoms with Crippen LogP contribution in [0.1, 0.15) is 0 Å². The Balaban J connectivity index is 0.000000143. The Morgan fingerprint density at radius 1 is 0.500 bits per heavy atom. The highest BCUT2D eigenvalue weighted by atomic mass is 14.9. The maximum atomic E-state index is 5.76. The summed E-state index contributed by atoms with van der Waals surface area (Å²) in [6.45, 7) is 0. The lowest BCUT2D eigenvalue weighted by molar-refractivity contribution is 1.55. The van der Waals surface area contributed by atoms with Crippen molar-refractivity contribution in [3.8, 4) is 0 Å². The van der Waals surface area contributed by atoms with Gasteiger partial charge in [-0.3, -0.25) is 0 Å². The van der Waals surface area contributed by atoms with E-state index in [4.69, 9.17) is 5.73 Å². The van der Waals surface area contributed by atoms with Gasteiger partial charge in [0.1, 0.15) is 0 Å². The number of hydrogen-bond donors (Lipinski definition) is 2. The lowest BCUT2D eigenvalue weighted by Crippen LogP contribution is -1.87. The largest absolute Gasteiger partial charge is 0.398 e. The molecule has 24 heavy (non-hydrogen) atoms. The van der Waals surface area contributed by atoms with Crippen molar-refractivity contribution >= 4 is 27.8 Å². The number of para-hydroxylation sites is 2. The number of nitrogens with two attached hydrogens (primary N) is 1. The molecule has 3 N–H and O–H groups in total. The predicted molar refractivity (Wildman–Crippen MR) is 105 cm³/mol. The summed E-state index contributed by atoms with van der Waals surface area (Å²) in [6, 6.07) is 34.3. The molecule has 4 aromatic rings. The molecule has 0 aromatic heterocycles. The van der Waals surface area contributed by atoms with E-state index in [0.717, 1.165) is 22.4 Å². The number of rotatable bonds is 2. The number of benzene rings is 4. The Kier molecular flexibility index (Phi) is 5.10. The number of anilines is 3. The van der Waals surface area contributed by atoms with Crippen LogP contribution in [-0.4, -0.2) is 0 Å². The normalized spacial score (nSPS) is 9.83. The number of hydrogen-bond acceptors (Lipinski definition) is 2. The van der Waals surface area contributed by atoms with Gasteiger partial charge in [0.05, 0.1) is 0 Å². The first-order valence-electron chi connectivity index (χ1n) is 7.93. The maximum absolute atomic E-state index is 5.76. The third-order valence-corrected chi connectivity index (χ3v) is 3.66. The average molecular weight is 312 g/mol. The molecule has 0 spiro atoms. The molecule has 0 amide bonds. The summed E-state index contributed by atoms with van der Waals surface area (Å²) in [5.41, 5.74) is 8.84. The quantitative estimate of drug-likeness (QED) is 0.455. The molecule has 2 heteroatoms. The maximum Gasteiger partial charge on any atom is 0.0393 e. The molecule has 0 bridgehead atoms. The van der Waals surface area contributed by atoms with Gasteiger partial charge in [-0.2, -0.15) is 0 Å². The van der Waals surface area contributed by atoms with Gasteiger partial charge in [0.25, 0.3) is 0 Å². The molecular formula is C22H20N2. The summed E-state index contributed by atoms with van der Waals surface area (Å²) in [5, 5.41) is 5.64. The summed E-state index contributed by atoms with van der Waals surface area (Å²) < 4.78 is 0. The smallest absolute Gasteiger partial charge is 0.0393 e. The number of nitrogens with one attached hydrogen (secondary N) is 1. The summed E-state index contributed by atoms with van der Waals surface area (Å²) in [7, 11) is 0. The second-order valence-electron chi connectivity index (χ2n) is 5.43. The Morgan fingerprint density at radius 3 is 1.58 bits per heavy atom. The Hall–Kier alpha value is -3.26. The van der Waals surface area contributed by atoms with Crippen LogP contribution in [0.3, 0.4) is 0 Å². The first-order chi connectivity index (χ1) is 11.8. The van der Waals surface area contributed by atoms with E-state index < -0.39 is 0 Å². The van der Waals surface area contributed by atoms with E-state index in [1.807, 2.05) is 91.0 Å². The van der Waals surface area contributed by atoms with Crippen LogP contribution in [0.2, 0.25) is 0 Å². The minimum absolute atomic E-state index is 0.850. The summed E-state index contributed by atoms with van der Waals surface area (Å²) in [6.07, 6.45) is 0. The SMILES string of the molecule is Nc1cccc2ccccc12.c1ccc(Nc2ccccc2)cc1. The van der Waals surface area contributed by atoms with Crippen molar-refractivity contribution in [1.82, 2.24) is 0 Å². The van der Waals surface area contributed by atoms with Crippen LogP contribution >= 0.6 is 0 Å². The third-order valence-electron chi connectivity index (χ3n) is 3.66. The van der Waals surface area contributed by atoms with Crippen LogP contribution in [0.5, 0.6) is 0 Å². The van der Waals surface area contributed by atoms with Crippen molar-refractivity contribution in [1.29, 1.82) is 0 Å². The molecule has 0 aliphatic rings. The first kappa shape index (κ1) is 15.6. The Morgan fingerprint density at radius 2 is 1.00 bits per heavy atom. The fourth-order valence-electron chi connectivity index (χ4n) is 2.46. The van der Waals surface area contributed by atoms with Crippen molar-refractivity contribution in [2.24, 2.45) is 0 Å². The van der Waals surface area contributed by atoms with E-state index >= 15 is 0 Å². The lowest BCUT2D eigenvalue weighted by Gasteiger charge is -2.04. The van der Waals surface area contributed by atoms with Gasteiger partial charge in [0.15, 0.2) is 0 Å². The fourth-order valence-corrected chi connectivity index (χ4v) is 2.46. The molecule has 4 rings (SSSR count). The standard InChI is InChI=1S/C12H11N.C10H9N/c1-3-7-11(8-4-1)13-12-9-5-2-6-10-12;11-10-7-3-5-8-4-1-2-6-9(8)10/h1-10,13H;1-7H,11H2. The molecular weight excluding hydrogens is 292 g/mol. The highest BCUT2D eigenvalue weighted by molar-refractivity contribution is 5.92. The van der Waals surface area contributed by atoms with Gasteiger partial charge in [0, 0.05) is 22.4 Å². The van der Waals surface area contributed by atoms with Gasteiger partial charge < -0.3 is 11.1 Å². The molecule has 2 nitrogen and oxygen atoms in total. The van der Waals surface area contributed by atoms with Gasteiger partial charge >= 0.3 is 0 Å². The summed E-state index contributed by atoms with van der Waals surface area (Å²) in [4.78, 5) is 0. The Bertz CT molecular complexity index is 844. The van der Waals surface area contributed by atoms with Crippen molar-refractivity contribution in [2.75, 3.05) is 11.1 Å². The zero-order valence-corrected chi connectivity index (χ0v) is 13.4. The van der Waals surface area contributed by atoms with Crippen LogP contribution in [0.25, 0.3) is 10.8 Å².